The van der Waals surface area contributed by atoms with Crippen molar-refractivity contribution in [3.63, 3.8) is 0 Å². The van der Waals surface area contributed by atoms with Crippen LogP contribution >= 0.6 is 15.9 Å². The zero-order chi connectivity index (χ0) is 11.5. The SMILES string of the molecule is COc1cccc(-c2cccc([SeH])c2Br)c1. The predicted molar refractivity (Wildman–Crippen MR) is 72.9 cm³/mol. The number of ether oxygens (including phenoxy) is 1. The van der Waals surface area contributed by atoms with E-state index in [1.54, 1.807) is 7.11 Å². The molecule has 2 aromatic carbocycles. The van der Waals surface area contributed by atoms with Gasteiger partial charge in [0, 0.05) is 0 Å². The van der Waals surface area contributed by atoms with E-state index in [2.05, 4.69) is 50.1 Å². The Morgan fingerprint density at radius 3 is 2.62 bits per heavy atom. The molecule has 1 nitrogen and oxygen atoms in total. The van der Waals surface area contributed by atoms with Crippen molar-refractivity contribution in [1.29, 1.82) is 0 Å². The van der Waals surface area contributed by atoms with E-state index in [0.717, 1.165) is 15.8 Å². The number of methoxy groups -OCH3 is 1. The first kappa shape index (κ1) is 11.7. The molecular formula is C13H11BrOSe. The second kappa shape index (κ2) is 5.05. The maximum atomic E-state index is 5.23. The molecule has 0 saturated heterocycles. The molecule has 2 rings (SSSR count). The molecule has 0 spiro atoms. The fraction of sp³-hybridized carbons (Fsp3) is 0.0769. The third-order valence-electron chi connectivity index (χ3n) is 2.36. The van der Waals surface area contributed by atoms with E-state index >= 15 is 0 Å². The van der Waals surface area contributed by atoms with Gasteiger partial charge in [-0.2, -0.15) is 0 Å². The summed E-state index contributed by atoms with van der Waals surface area (Å²) in [7, 11) is 1.68. The molecule has 82 valence electrons. The average molecular weight is 342 g/mol. The zero-order valence-corrected chi connectivity index (χ0v) is 12.2. The Balaban J connectivity index is 2.54. The summed E-state index contributed by atoms with van der Waals surface area (Å²) >= 11 is 6.17. The van der Waals surface area contributed by atoms with E-state index < -0.39 is 0 Å². The molecule has 0 aliphatic heterocycles. The molecule has 0 aliphatic rings. The summed E-state index contributed by atoms with van der Waals surface area (Å²) in [6, 6.07) is 14.3. The fourth-order valence-electron chi connectivity index (χ4n) is 1.53. The van der Waals surface area contributed by atoms with Crippen LogP contribution in [0.1, 0.15) is 0 Å². The van der Waals surface area contributed by atoms with Gasteiger partial charge in [-0.15, -0.1) is 0 Å². The van der Waals surface area contributed by atoms with E-state index in [9.17, 15) is 0 Å². The van der Waals surface area contributed by atoms with Crippen molar-refractivity contribution in [2.75, 3.05) is 7.11 Å². The van der Waals surface area contributed by atoms with Gasteiger partial charge in [-0.25, -0.2) is 0 Å². The summed E-state index contributed by atoms with van der Waals surface area (Å²) in [4.78, 5) is 0. The summed E-state index contributed by atoms with van der Waals surface area (Å²) in [6.45, 7) is 0. The van der Waals surface area contributed by atoms with Gasteiger partial charge >= 0.3 is 112 Å². The molecule has 0 atom stereocenters. The Kier molecular flexibility index (Phi) is 3.70. The van der Waals surface area contributed by atoms with E-state index in [-0.39, 0.29) is 0 Å². The Morgan fingerprint density at radius 2 is 1.88 bits per heavy atom. The molecule has 0 radical (unpaired) electrons. The maximum absolute atomic E-state index is 5.23. The van der Waals surface area contributed by atoms with Crippen LogP contribution in [0.15, 0.2) is 46.9 Å². The molecule has 0 aromatic heterocycles. The molecule has 0 N–H and O–H groups in total. The standard InChI is InChI=1S/C13H11BrOSe/c1-15-10-5-2-4-9(8-10)11-6-3-7-12(16)13(11)14/h2-8,16H,1H3. The van der Waals surface area contributed by atoms with Crippen molar-refractivity contribution in [2.45, 2.75) is 0 Å². The number of rotatable bonds is 2. The molecule has 0 unspecified atom stereocenters. The van der Waals surface area contributed by atoms with E-state index in [1.165, 1.54) is 10.0 Å². The first-order chi connectivity index (χ1) is 7.72. The summed E-state index contributed by atoms with van der Waals surface area (Å²) in [5, 5.41) is 0. The third-order valence-corrected chi connectivity index (χ3v) is 4.66. The van der Waals surface area contributed by atoms with Crippen LogP contribution in [-0.4, -0.2) is 23.1 Å². The number of hydrogen-bond donors (Lipinski definition) is 0. The van der Waals surface area contributed by atoms with Gasteiger partial charge in [0.2, 0.25) is 0 Å². The molecule has 0 fully saturated rings. The Morgan fingerprint density at radius 1 is 1.12 bits per heavy atom. The number of halogens is 1. The molecule has 16 heavy (non-hydrogen) atoms. The average Bonchev–Trinajstić information content (AvgIpc) is 2.33. The van der Waals surface area contributed by atoms with Gasteiger partial charge in [-0.3, -0.25) is 0 Å². The molecule has 0 heterocycles. The fourth-order valence-corrected chi connectivity index (χ4v) is 2.46. The Hall–Kier alpha value is -0.761. The Labute approximate surface area is 112 Å². The minimum atomic E-state index is 0.875. The van der Waals surface area contributed by atoms with Gasteiger partial charge in [-0.1, -0.05) is 0 Å². The summed E-state index contributed by atoms with van der Waals surface area (Å²) in [6.07, 6.45) is 0. The van der Waals surface area contributed by atoms with Gasteiger partial charge in [0.1, 0.15) is 0 Å². The van der Waals surface area contributed by atoms with Crippen LogP contribution in [-0.2, 0) is 0 Å². The predicted octanol–water partition coefficient (Wildman–Crippen LogP) is 2.65. The van der Waals surface area contributed by atoms with E-state index in [1.807, 2.05) is 24.3 Å². The summed E-state index contributed by atoms with van der Waals surface area (Å²) in [5.74, 6) is 0.875. The van der Waals surface area contributed by atoms with Crippen LogP contribution in [0, 0.1) is 0 Å². The van der Waals surface area contributed by atoms with Gasteiger partial charge in [0.15, 0.2) is 0 Å². The molecule has 0 bridgehead atoms. The molecule has 0 aliphatic carbocycles. The van der Waals surface area contributed by atoms with Gasteiger partial charge in [-0.05, 0) is 0 Å². The molecular weight excluding hydrogens is 331 g/mol. The van der Waals surface area contributed by atoms with Crippen molar-refractivity contribution in [3.8, 4) is 16.9 Å². The van der Waals surface area contributed by atoms with Crippen LogP contribution in [0.4, 0.5) is 0 Å². The molecule has 0 saturated carbocycles. The second-order valence-electron chi connectivity index (χ2n) is 3.37. The first-order valence-electron chi connectivity index (χ1n) is 4.84. The quantitative estimate of drug-likeness (QED) is 0.763. The van der Waals surface area contributed by atoms with E-state index in [0.29, 0.717) is 0 Å². The Bertz CT molecular complexity index is 511. The number of hydrogen-bond acceptors (Lipinski definition) is 1. The second-order valence-corrected chi connectivity index (χ2v) is 5.17. The number of benzene rings is 2. The van der Waals surface area contributed by atoms with Crippen molar-refractivity contribution in [1.82, 2.24) is 0 Å². The topological polar surface area (TPSA) is 9.23 Å². The normalized spacial score (nSPS) is 10.2. The van der Waals surface area contributed by atoms with Crippen LogP contribution in [0.3, 0.4) is 0 Å². The van der Waals surface area contributed by atoms with Crippen LogP contribution in [0.5, 0.6) is 5.75 Å². The van der Waals surface area contributed by atoms with Crippen molar-refractivity contribution >= 4 is 36.4 Å². The summed E-state index contributed by atoms with van der Waals surface area (Å²) < 4.78 is 7.52. The third kappa shape index (κ3) is 2.32. The van der Waals surface area contributed by atoms with Gasteiger partial charge in [0.05, 0.1) is 0 Å². The molecule has 3 heteroatoms. The van der Waals surface area contributed by atoms with Gasteiger partial charge in [0.25, 0.3) is 0 Å². The van der Waals surface area contributed by atoms with Crippen molar-refractivity contribution in [2.24, 2.45) is 0 Å². The summed E-state index contributed by atoms with van der Waals surface area (Å²) in [5.41, 5.74) is 2.33. The van der Waals surface area contributed by atoms with Crippen molar-refractivity contribution < 1.29 is 4.74 Å². The van der Waals surface area contributed by atoms with Crippen LogP contribution in [0.25, 0.3) is 11.1 Å². The molecule has 0 amide bonds. The molecule has 2 aromatic rings. The zero-order valence-electron chi connectivity index (χ0n) is 8.77. The van der Waals surface area contributed by atoms with Crippen molar-refractivity contribution in [3.05, 3.63) is 46.9 Å². The van der Waals surface area contributed by atoms with Gasteiger partial charge < -0.3 is 0 Å². The monoisotopic (exact) mass is 342 g/mol. The van der Waals surface area contributed by atoms with Crippen LogP contribution < -0.4 is 9.20 Å². The van der Waals surface area contributed by atoms with Crippen LogP contribution in [0.2, 0.25) is 0 Å². The first-order valence-corrected chi connectivity index (χ1v) is 6.57. The minimum absolute atomic E-state index is 0.875. The van der Waals surface area contributed by atoms with E-state index in [4.69, 9.17) is 4.74 Å².